The predicted octanol–water partition coefficient (Wildman–Crippen LogP) is 2.73. The Hall–Kier alpha value is -1.15. The van der Waals surface area contributed by atoms with Crippen LogP contribution >= 0.6 is 0 Å². The number of benzene rings is 1. The van der Waals surface area contributed by atoms with Crippen LogP contribution in [0.3, 0.4) is 0 Å². The minimum atomic E-state index is 0.0893. The van der Waals surface area contributed by atoms with Gasteiger partial charge in [0.25, 0.3) is 0 Å². The Bertz CT molecular complexity index is 362. The number of hydrogen-bond acceptors (Lipinski definition) is 2. The first-order valence-electron chi connectivity index (χ1n) is 6.44. The molecule has 1 aromatic rings. The Labute approximate surface area is 104 Å². The molecule has 3 atom stereocenters. The molecule has 0 bridgehead atoms. The van der Waals surface area contributed by atoms with E-state index in [0.717, 1.165) is 25.8 Å². The van der Waals surface area contributed by atoms with Crippen molar-refractivity contribution in [1.29, 1.82) is 0 Å². The molecule has 0 radical (unpaired) electrons. The summed E-state index contributed by atoms with van der Waals surface area (Å²) in [6.07, 6.45) is 2.29. The van der Waals surface area contributed by atoms with E-state index in [2.05, 4.69) is 43.0 Å². The lowest BCUT2D eigenvalue weighted by Crippen LogP contribution is -2.47. The Morgan fingerprint density at radius 2 is 2.00 bits per heavy atom. The van der Waals surface area contributed by atoms with E-state index in [0.29, 0.717) is 11.8 Å². The van der Waals surface area contributed by atoms with Crippen LogP contribution in [0.5, 0.6) is 0 Å². The lowest BCUT2D eigenvalue weighted by Gasteiger charge is -2.40. The quantitative estimate of drug-likeness (QED) is 0.745. The van der Waals surface area contributed by atoms with Gasteiger partial charge in [0.2, 0.25) is 0 Å². The average Bonchev–Trinajstić information content (AvgIpc) is 2.30. The fourth-order valence-corrected chi connectivity index (χ4v) is 2.94. The summed E-state index contributed by atoms with van der Waals surface area (Å²) < 4.78 is 0. The zero-order chi connectivity index (χ0) is 12.3. The SMILES string of the molecule is CC1CC(C)C(C=O)N(Cc2ccccc2)C1. The third-order valence-electron chi connectivity index (χ3n) is 3.69. The van der Waals surface area contributed by atoms with Crippen LogP contribution in [-0.4, -0.2) is 23.8 Å². The molecule has 1 aromatic carbocycles. The van der Waals surface area contributed by atoms with E-state index in [4.69, 9.17) is 0 Å². The van der Waals surface area contributed by atoms with Crippen LogP contribution < -0.4 is 0 Å². The second-order valence-electron chi connectivity index (χ2n) is 5.36. The molecule has 3 unspecified atom stereocenters. The van der Waals surface area contributed by atoms with Crippen molar-refractivity contribution in [3.63, 3.8) is 0 Å². The highest BCUT2D eigenvalue weighted by atomic mass is 16.1. The molecule has 2 rings (SSSR count). The minimum Gasteiger partial charge on any atom is -0.302 e. The van der Waals surface area contributed by atoms with Gasteiger partial charge in [0, 0.05) is 13.1 Å². The van der Waals surface area contributed by atoms with Gasteiger partial charge in [-0.2, -0.15) is 0 Å². The molecular formula is C15H21NO. The normalized spacial score (nSPS) is 30.1. The summed E-state index contributed by atoms with van der Waals surface area (Å²) in [5.74, 6) is 1.16. The fourth-order valence-electron chi connectivity index (χ4n) is 2.94. The fraction of sp³-hybridized carbons (Fsp3) is 0.533. The van der Waals surface area contributed by atoms with E-state index < -0.39 is 0 Å². The Balaban J connectivity index is 2.09. The molecule has 1 fully saturated rings. The number of nitrogens with zero attached hydrogens (tertiary/aromatic N) is 1. The van der Waals surface area contributed by atoms with Crippen molar-refractivity contribution < 1.29 is 4.79 Å². The van der Waals surface area contributed by atoms with Crippen molar-refractivity contribution in [2.24, 2.45) is 11.8 Å². The van der Waals surface area contributed by atoms with Crippen molar-refractivity contribution in [1.82, 2.24) is 4.90 Å². The lowest BCUT2D eigenvalue weighted by atomic mass is 9.85. The first-order chi connectivity index (χ1) is 8.20. The number of carbonyl (C=O) groups excluding carboxylic acids is 1. The van der Waals surface area contributed by atoms with Gasteiger partial charge in [-0.25, -0.2) is 0 Å². The van der Waals surface area contributed by atoms with Crippen LogP contribution in [0.1, 0.15) is 25.8 Å². The van der Waals surface area contributed by atoms with Crippen LogP contribution in [0.15, 0.2) is 30.3 Å². The maximum atomic E-state index is 11.2. The molecule has 1 saturated heterocycles. The summed E-state index contributed by atoms with van der Waals surface area (Å²) in [5, 5.41) is 0. The number of rotatable bonds is 3. The largest absolute Gasteiger partial charge is 0.302 e. The minimum absolute atomic E-state index is 0.0893. The van der Waals surface area contributed by atoms with Gasteiger partial charge in [-0.1, -0.05) is 44.2 Å². The maximum absolute atomic E-state index is 11.2. The molecule has 17 heavy (non-hydrogen) atoms. The molecule has 1 aliphatic heterocycles. The first kappa shape index (κ1) is 12.3. The van der Waals surface area contributed by atoms with Gasteiger partial charge < -0.3 is 4.79 Å². The van der Waals surface area contributed by atoms with Crippen LogP contribution in [0.25, 0.3) is 0 Å². The first-order valence-corrected chi connectivity index (χ1v) is 6.44. The molecule has 2 heteroatoms. The average molecular weight is 231 g/mol. The summed E-state index contributed by atoms with van der Waals surface area (Å²) in [6.45, 7) is 6.38. The van der Waals surface area contributed by atoms with Crippen LogP contribution in [0.4, 0.5) is 0 Å². The number of piperidine rings is 1. The van der Waals surface area contributed by atoms with E-state index in [1.165, 1.54) is 5.56 Å². The number of carbonyl (C=O) groups is 1. The molecule has 0 amide bonds. The van der Waals surface area contributed by atoms with Crippen molar-refractivity contribution in [3.05, 3.63) is 35.9 Å². The van der Waals surface area contributed by atoms with E-state index in [1.54, 1.807) is 0 Å². The smallest absolute Gasteiger partial charge is 0.137 e. The Kier molecular flexibility index (Phi) is 3.95. The summed E-state index contributed by atoms with van der Waals surface area (Å²) in [7, 11) is 0. The highest BCUT2D eigenvalue weighted by molar-refractivity contribution is 5.58. The highest BCUT2D eigenvalue weighted by Gasteiger charge is 2.31. The van der Waals surface area contributed by atoms with Crippen molar-refractivity contribution in [2.45, 2.75) is 32.9 Å². The molecule has 92 valence electrons. The second-order valence-corrected chi connectivity index (χ2v) is 5.36. The van der Waals surface area contributed by atoms with Crippen molar-refractivity contribution in [3.8, 4) is 0 Å². The van der Waals surface area contributed by atoms with Gasteiger partial charge in [-0.05, 0) is 23.8 Å². The lowest BCUT2D eigenvalue weighted by molar-refractivity contribution is -0.116. The van der Waals surface area contributed by atoms with E-state index in [1.807, 2.05) is 6.07 Å². The third kappa shape index (κ3) is 2.95. The summed E-state index contributed by atoms with van der Waals surface area (Å²) >= 11 is 0. The predicted molar refractivity (Wildman–Crippen MR) is 69.6 cm³/mol. The van der Waals surface area contributed by atoms with Crippen LogP contribution in [0.2, 0.25) is 0 Å². The van der Waals surface area contributed by atoms with Gasteiger partial charge in [0.05, 0.1) is 6.04 Å². The molecule has 0 saturated carbocycles. The molecular weight excluding hydrogens is 210 g/mol. The maximum Gasteiger partial charge on any atom is 0.137 e. The van der Waals surface area contributed by atoms with E-state index >= 15 is 0 Å². The zero-order valence-electron chi connectivity index (χ0n) is 10.7. The molecule has 0 aromatic heterocycles. The number of likely N-dealkylation sites (tertiary alicyclic amines) is 1. The molecule has 0 spiro atoms. The standard InChI is InChI=1S/C15H21NO/c1-12-8-13(2)15(11-17)16(9-12)10-14-6-4-3-5-7-14/h3-7,11-13,15H,8-10H2,1-2H3. The highest BCUT2D eigenvalue weighted by Crippen LogP contribution is 2.27. The summed E-state index contributed by atoms with van der Waals surface area (Å²) in [6, 6.07) is 10.5. The van der Waals surface area contributed by atoms with E-state index in [-0.39, 0.29) is 6.04 Å². The molecule has 1 aliphatic rings. The van der Waals surface area contributed by atoms with Crippen molar-refractivity contribution in [2.75, 3.05) is 6.54 Å². The molecule has 0 aliphatic carbocycles. The van der Waals surface area contributed by atoms with Gasteiger partial charge in [-0.3, -0.25) is 4.90 Å². The summed E-state index contributed by atoms with van der Waals surface area (Å²) in [5.41, 5.74) is 1.29. The number of aldehydes is 1. The topological polar surface area (TPSA) is 20.3 Å². The Morgan fingerprint density at radius 3 is 2.65 bits per heavy atom. The van der Waals surface area contributed by atoms with Gasteiger partial charge in [0.15, 0.2) is 0 Å². The third-order valence-corrected chi connectivity index (χ3v) is 3.69. The molecule has 2 nitrogen and oxygen atoms in total. The van der Waals surface area contributed by atoms with Crippen molar-refractivity contribution >= 4 is 6.29 Å². The Morgan fingerprint density at radius 1 is 1.29 bits per heavy atom. The van der Waals surface area contributed by atoms with Gasteiger partial charge in [-0.15, -0.1) is 0 Å². The molecule has 0 N–H and O–H groups in total. The van der Waals surface area contributed by atoms with Crippen LogP contribution in [-0.2, 0) is 11.3 Å². The molecule has 1 heterocycles. The monoisotopic (exact) mass is 231 g/mol. The second kappa shape index (κ2) is 5.46. The van der Waals surface area contributed by atoms with E-state index in [9.17, 15) is 4.79 Å². The van der Waals surface area contributed by atoms with Gasteiger partial charge in [0.1, 0.15) is 6.29 Å². The zero-order valence-corrected chi connectivity index (χ0v) is 10.7. The van der Waals surface area contributed by atoms with Crippen LogP contribution in [0, 0.1) is 11.8 Å². The number of hydrogen-bond donors (Lipinski definition) is 0. The van der Waals surface area contributed by atoms with Gasteiger partial charge >= 0.3 is 0 Å². The summed E-state index contributed by atoms with van der Waals surface area (Å²) in [4.78, 5) is 13.6.